The van der Waals surface area contributed by atoms with Gasteiger partial charge in [-0.2, -0.15) is 0 Å². The number of carbonyl (C=O) groups is 2. The summed E-state index contributed by atoms with van der Waals surface area (Å²) in [6.45, 7) is -0.184. The number of rotatable bonds is 4. The summed E-state index contributed by atoms with van der Waals surface area (Å²) in [6.07, 6.45) is 0. The Morgan fingerprint density at radius 1 is 1.07 bits per heavy atom. The molecular weight excluding hydrogens is 414 g/mol. The summed E-state index contributed by atoms with van der Waals surface area (Å²) in [7, 11) is 0. The second kappa shape index (κ2) is 8.12. The second-order valence-corrected chi connectivity index (χ2v) is 7.00. The fourth-order valence-electron chi connectivity index (χ4n) is 3.16. The van der Waals surface area contributed by atoms with Gasteiger partial charge in [0.05, 0.1) is 22.8 Å². The lowest BCUT2D eigenvalue weighted by Crippen LogP contribution is -2.38. The van der Waals surface area contributed by atoms with Crippen LogP contribution in [0.15, 0.2) is 60.7 Å². The first kappa shape index (κ1) is 19.8. The number of carbonyl (C=O) groups excluding carboxylic acids is 2. The van der Waals surface area contributed by atoms with E-state index in [0.29, 0.717) is 22.7 Å². The largest absolute Gasteiger partial charge is 0.482 e. The third kappa shape index (κ3) is 3.84. The Balaban J connectivity index is 1.64. The van der Waals surface area contributed by atoms with E-state index in [1.807, 2.05) is 0 Å². The number of halogens is 3. The van der Waals surface area contributed by atoms with Gasteiger partial charge in [-0.1, -0.05) is 35.9 Å². The van der Waals surface area contributed by atoms with Crippen LogP contribution >= 0.6 is 11.6 Å². The van der Waals surface area contributed by atoms with Crippen LogP contribution in [0, 0.1) is 11.6 Å². The van der Waals surface area contributed by atoms with E-state index in [4.69, 9.17) is 16.3 Å². The van der Waals surface area contributed by atoms with Crippen molar-refractivity contribution in [3.8, 4) is 5.75 Å². The van der Waals surface area contributed by atoms with Crippen molar-refractivity contribution in [1.82, 2.24) is 0 Å². The molecule has 4 rings (SSSR count). The van der Waals surface area contributed by atoms with Crippen molar-refractivity contribution in [3.63, 3.8) is 0 Å². The highest BCUT2D eigenvalue weighted by Crippen LogP contribution is 2.36. The van der Waals surface area contributed by atoms with E-state index < -0.39 is 17.5 Å². The Morgan fingerprint density at radius 3 is 2.60 bits per heavy atom. The van der Waals surface area contributed by atoms with Crippen LogP contribution in [0.2, 0.25) is 5.02 Å². The Labute approximate surface area is 175 Å². The molecule has 5 nitrogen and oxygen atoms in total. The zero-order chi connectivity index (χ0) is 21.3. The molecule has 3 aromatic carbocycles. The van der Waals surface area contributed by atoms with Crippen molar-refractivity contribution >= 4 is 34.8 Å². The number of ether oxygens (including phenoxy) is 1. The first-order valence-corrected chi connectivity index (χ1v) is 9.38. The van der Waals surface area contributed by atoms with Gasteiger partial charge in [-0.3, -0.25) is 9.59 Å². The normalized spacial score (nSPS) is 12.9. The number of hydrogen-bond acceptors (Lipinski definition) is 3. The monoisotopic (exact) mass is 428 g/mol. The minimum absolute atomic E-state index is 0.00158. The maximum Gasteiger partial charge on any atom is 0.265 e. The van der Waals surface area contributed by atoms with Crippen molar-refractivity contribution in [1.29, 1.82) is 0 Å². The molecule has 1 aliphatic heterocycles. The van der Waals surface area contributed by atoms with Gasteiger partial charge in [0, 0.05) is 11.3 Å². The van der Waals surface area contributed by atoms with Gasteiger partial charge in [0.15, 0.2) is 6.61 Å². The molecule has 0 bridgehead atoms. The Morgan fingerprint density at radius 2 is 1.83 bits per heavy atom. The molecule has 0 saturated carbocycles. The summed E-state index contributed by atoms with van der Waals surface area (Å²) in [4.78, 5) is 26.3. The van der Waals surface area contributed by atoms with Gasteiger partial charge in [-0.25, -0.2) is 8.78 Å². The number of nitrogens with zero attached hydrogens (tertiary/aromatic N) is 1. The quantitative estimate of drug-likeness (QED) is 0.649. The Hall–Kier alpha value is -3.45. The molecule has 0 aromatic heterocycles. The maximum absolute atomic E-state index is 14.1. The van der Waals surface area contributed by atoms with Crippen LogP contribution in [0.4, 0.5) is 20.2 Å². The summed E-state index contributed by atoms with van der Waals surface area (Å²) in [5.74, 6) is -1.87. The molecule has 0 unspecified atom stereocenters. The average Bonchev–Trinajstić information content (AvgIpc) is 2.71. The molecule has 8 heteroatoms. The number of anilines is 2. The van der Waals surface area contributed by atoms with Crippen molar-refractivity contribution < 1.29 is 23.1 Å². The summed E-state index contributed by atoms with van der Waals surface area (Å²) in [5.41, 5.74) is 0.723. The summed E-state index contributed by atoms with van der Waals surface area (Å²) >= 11 is 5.94. The molecule has 0 fully saturated rings. The summed E-state index contributed by atoms with van der Waals surface area (Å²) in [5, 5.41) is 2.55. The number of amides is 2. The molecule has 30 heavy (non-hydrogen) atoms. The average molecular weight is 429 g/mol. The molecule has 0 aliphatic carbocycles. The Bertz CT molecular complexity index is 1130. The number of benzene rings is 3. The van der Waals surface area contributed by atoms with Crippen molar-refractivity contribution in [2.75, 3.05) is 16.8 Å². The zero-order valence-corrected chi connectivity index (χ0v) is 16.2. The van der Waals surface area contributed by atoms with Crippen molar-refractivity contribution in [2.24, 2.45) is 0 Å². The van der Waals surface area contributed by atoms with Gasteiger partial charge in [-0.05, 0) is 36.4 Å². The highest BCUT2D eigenvalue weighted by Gasteiger charge is 2.27. The summed E-state index contributed by atoms with van der Waals surface area (Å²) in [6, 6.07) is 14.7. The van der Waals surface area contributed by atoms with Gasteiger partial charge in [-0.15, -0.1) is 0 Å². The van der Waals surface area contributed by atoms with Gasteiger partial charge < -0.3 is 15.0 Å². The molecule has 0 radical (unpaired) electrons. The van der Waals surface area contributed by atoms with E-state index in [1.54, 1.807) is 30.3 Å². The molecule has 1 N–H and O–H groups in total. The molecule has 152 valence electrons. The molecular formula is C22H15ClF2N2O3. The van der Waals surface area contributed by atoms with E-state index in [0.717, 1.165) is 6.07 Å². The van der Waals surface area contributed by atoms with E-state index in [-0.39, 0.29) is 29.6 Å². The van der Waals surface area contributed by atoms with E-state index in [9.17, 15) is 18.4 Å². The first-order chi connectivity index (χ1) is 14.4. The van der Waals surface area contributed by atoms with E-state index in [2.05, 4.69) is 5.32 Å². The molecule has 1 heterocycles. The third-order valence-electron chi connectivity index (χ3n) is 4.64. The fourth-order valence-corrected chi connectivity index (χ4v) is 3.41. The number of fused-ring (bicyclic) bond motifs is 1. The standard InChI is InChI=1S/C22H15ClF2N2O3/c23-15-5-3-7-17(25)21(15)22(29)26-14-8-9-19-18(10-14)27(20(28)12-30-19)11-13-4-1-2-6-16(13)24/h1-10H,11-12H2,(H,26,29). The maximum atomic E-state index is 14.1. The lowest BCUT2D eigenvalue weighted by molar-refractivity contribution is -0.121. The molecule has 2 amide bonds. The van der Waals surface area contributed by atoms with Crippen LogP contribution in [0.5, 0.6) is 5.75 Å². The fraction of sp³-hybridized carbons (Fsp3) is 0.0909. The predicted octanol–water partition coefficient (Wildman–Crippen LogP) is 4.80. The summed E-state index contributed by atoms with van der Waals surface area (Å²) < 4.78 is 33.5. The van der Waals surface area contributed by atoms with Crippen molar-refractivity contribution in [2.45, 2.75) is 6.54 Å². The number of nitrogens with one attached hydrogen (secondary N) is 1. The lowest BCUT2D eigenvalue weighted by Gasteiger charge is -2.30. The third-order valence-corrected chi connectivity index (χ3v) is 4.95. The topological polar surface area (TPSA) is 58.6 Å². The molecule has 3 aromatic rings. The minimum atomic E-state index is -0.752. The minimum Gasteiger partial charge on any atom is -0.482 e. The van der Waals surface area contributed by atoms with E-state index >= 15 is 0 Å². The van der Waals surface area contributed by atoms with Crippen LogP contribution < -0.4 is 15.0 Å². The lowest BCUT2D eigenvalue weighted by atomic mass is 10.1. The van der Waals surface area contributed by atoms with Gasteiger partial charge >= 0.3 is 0 Å². The highest BCUT2D eigenvalue weighted by atomic mass is 35.5. The van der Waals surface area contributed by atoms with Crippen LogP contribution in [-0.4, -0.2) is 18.4 Å². The van der Waals surface area contributed by atoms with Crippen LogP contribution in [-0.2, 0) is 11.3 Å². The molecule has 0 spiro atoms. The second-order valence-electron chi connectivity index (χ2n) is 6.59. The van der Waals surface area contributed by atoms with Crippen molar-refractivity contribution in [3.05, 3.63) is 88.4 Å². The number of hydrogen-bond donors (Lipinski definition) is 1. The molecule has 1 aliphatic rings. The predicted molar refractivity (Wildman–Crippen MR) is 109 cm³/mol. The van der Waals surface area contributed by atoms with Crippen LogP contribution in [0.1, 0.15) is 15.9 Å². The van der Waals surface area contributed by atoms with Gasteiger partial charge in [0.1, 0.15) is 17.4 Å². The molecule has 0 saturated heterocycles. The van der Waals surface area contributed by atoms with Crippen LogP contribution in [0.3, 0.4) is 0 Å². The SMILES string of the molecule is O=C(Nc1ccc2c(c1)N(Cc1ccccc1F)C(=O)CO2)c1c(F)cccc1Cl. The Kier molecular flexibility index (Phi) is 5.37. The zero-order valence-electron chi connectivity index (χ0n) is 15.5. The van der Waals surface area contributed by atoms with Crippen LogP contribution in [0.25, 0.3) is 0 Å². The molecule has 0 atom stereocenters. The first-order valence-electron chi connectivity index (χ1n) is 9.00. The van der Waals surface area contributed by atoms with Gasteiger partial charge in [0.25, 0.3) is 11.8 Å². The van der Waals surface area contributed by atoms with Gasteiger partial charge in [0.2, 0.25) is 0 Å². The van der Waals surface area contributed by atoms with E-state index in [1.165, 1.54) is 29.2 Å². The smallest absolute Gasteiger partial charge is 0.265 e. The highest BCUT2D eigenvalue weighted by molar-refractivity contribution is 6.34.